The molecule has 0 atom stereocenters. The molecule has 2 rings (SSSR count). The Morgan fingerprint density at radius 3 is 2.60 bits per heavy atom. The van der Waals surface area contributed by atoms with Gasteiger partial charge in [-0.1, -0.05) is 19.9 Å². The number of hydrogen-bond donors (Lipinski definition) is 0. The van der Waals surface area contributed by atoms with Gasteiger partial charge in [-0.3, -0.25) is 0 Å². The first-order valence-electron chi connectivity index (χ1n) is 5.27. The van der Waals surface area contributed by atoms with Crippen LogP contribution in [0.5, 0.6) is 5.75 Å². The number of methoxy groups -OCH3 is 1. The largest absolute Gasteiger partial charge is 0.496 e. The summed E-state index contributed by atoms with van der Waals surface area (Å²) in [6, 6.07) is 6.18. The van der Waals surface area contributed by atoms with Gasteiger partial charge in [0.2, 0.25) is 0 Å². The highest BCUT2D eigenvalue weighted by atomic mass is 16.5. The smallest absolute Gasteiger partial charge is 0.128 e. The molecular weight excluding hydrogens is 186 g/mol. The Labute approximate surface area is 90.5 Å². The number of hydrogen-bond acceptors (Lipinski definition) is 1. The summed E-state index contributed by atoms with van der Waals surface area (Å²) >= 11 is 0. The molecule has 2 heteroatoms. The van der Waals surface area contributed by atoms with Gasteiger partial charge in [0.1, 0.15) is 5.75 Å². The van der Waals surface area contributed by atoms with Crippen molar-refractivity contribution in [2.24, 2.45) is 7.05 Å². The van der Waals surface area contributed by atoms with E-state index in [4.69, 9.17) is 4.74 Å². The molecular formula is C13H17NO. The summed E-state index contributed by atoms with van der Waals surface area (Å²) in [5.41, 5.74) is 2.59. The number of ether oxygens (including phenoxy) is 1. The van der Waals surface area contributed by atoms with Crippen LogP contribution < -0.4 is 4.74 Å². The fourth-order valence-corrected chi connectivity index (χ4v) is 2.05. The highest BCUT2D eigenvalue weighted by Crippen LogP contribution is 2.33. The molecule has 2 nitrogen and oxygen atoms in total. The SMILES string of the molecule is COc1cccc2c1c(C(C)C)cn2C. The molecule has 0 saturated heterocycles. The lowest BCUT2D eigenvalue weighted by Gasteiger charge is -2.06. The van der Waals surface area contributed by atoms with E-state index in [9.17, 15) is 0 Å². The van der Waals surface area contributed by atoms with E-state index in [1.807, 2.05) is 12.1 Å². The quantitative estimate of drug-likeness (QED) is 0.730. The minimum absolute atomic E-state index is 0.519. The maximum absolute atomic E-state index is 5.42. The number of nitrogens with zero attached hydrogens (tertiary/aromatic N) is 1. The molecule has 0 fully saturated rings. The number of aromatic nitrogens is 1. The van der Waals surface area contributed by atoms with Gasteiger partial charge in [0, 0.05) is 18.6 Å². The van der Waals surface area contributed by atoms with E-state index in [1.165, 1.54) is 16.5 Å². The molecule has 0 aliphatic carbocycles. The summed E-state index contributed by atoms with van der Waals surface area (Å²) in [7, 11) is 3.81. The van der Waals surface area contributed by atoms with Crippen molar-refractivity contribution in [1.82, 2.24) is 4.57 Å². The summed E-state index contributed by atoms with van der Waals surface area (Å²) in [5.74, 6) is 1.49. The van der Waals surface area contributed by atoms with Crippen molar-refractivity contribution in [1.29, 1.82) is 0 Å². The van der Waals surface area contributed by atoms with Crippen LogP contribution in [0, 0.1) is 0 Å². The second-order valence-electron chi connectivity index (χ2n) is 4.20. The zero-order chi connectivity index (χ0) is 11.0. The molecule has 15 heavy (non-hydrogen) atoms. The van der Waals surface area contributed by atoms with Crippen LogP contribution in [0.25, 0.3) is 10.9 Å². The first-order valence-corrected chi connectivity index (χ1v) is 5.27. The Balaban J connectivity index is 2.82. The van der Waals surface area contributed by atoms with E-state index >= 15 is 0 Å². The Bertz CT molecular complexity index is 482. The Morgan fingerprint density at radius 2 is 2.00 bits per heavy atom. The molecule has 0 spiro atoms. The van der Waals surface area contributed by atoms with Crippen molar-refractivity contribution in [3.05, 3.63) is 30.0 Å². The molecule has 0 radical (unpaired) electrons. The summed E-state index contributed by atoms with van der Waals surface area (Å²) in [4.78, 5) is 0. The highest BCUT2D eigenvalue weighted by Gasteiger charge is 2.13. The van der Waals surface area contributed by atoms with Gasteiger partial charge in [-0.25, -0.2) is 0 Å². The fraction of sp³-hybridized carbons (Fsp3) is 0.385. The van der Waals surface area contributed by atoms with Crippen LogP contribution >= 0.6 is 0 Å². The summed E-state index contributed by atoms with van der Waals surface area (Å²) in [6.07, 6.45) is 2.19. The summed E-state index contributed by atoms with van der Waals surface area (Å²) in [6.45, 7) is 4.42. The standard InChI is InChI=1S/C13H17NO/c1-9(2)10-8-14(3)11-6-5-7-12(15-4)13(10)11/h5-9H,1-4H3. The lowest BCUT2D eigenvalue weighted by molar-refractivity contribution is 0.419. The van der Waals surface area contributed by atoms with E-state index in [0.717, 1.165) is 5.75 Å². The van der Waals surface area contributed by atoms with Crippen LogP contribution in [0.15, 0.2) is 24.4 Å². The van der Waals surface area contributed by atoms with Gasteiger partial charge >= 0.3 is 0 Å². The maximum Gasteiger partial charge on any atom is 0.128 e. The lowest BCUT2D eigenvalue weighted by atomic mass is 10.0. The number of fused-ring (bicyclic) bond motifs is 1. The molecule has 0 bridgehead atoms. The minimum Gasteiger partial charge on any atom is -0.496 e. The monoisotopic (exact) mass is 203 g/mol. The van der Waals surface area contributed by atoms with Crippen molar-refractivity contribution < 1.29 is 4.74 Å². The van der Waals surface area contributed by atoms with Crippen LogP contribution in [-0.2, 0) is 7.05 Å². The van der Waals surface area contributed by atoms with E-state index < -0.39 is 0 Å². The molecule has 0 amide bonds. The molecule has 0 aliphatic heterocycles. The number of aryl methyl sites for hydroxylation is 1. The Morgan fingerprint density at radius 1 is 1.27 bits per heavy atom. The zero-order valence-corrected chi connectivity index (χ0v) is 9.74. The third kappa shape index (κ3) is 1.50. The maximum atomic E-state index is 5.42. The topological polar surface area (TPSA) is 14.2 Å². The van der Waals surface area contributed by atoms with Crippen LogP contribution in [0.1, 0.15) is 25.3 Å². The molecule has 0 aliphatic rings. The average molecular weight is 203 g/mol. The zero-order valence-electron chi connectivity index (χ0n) is 9.74. The van der Waals surface area contributed by atoms with Crippen molar-refractivity contribution in [3.8, 4) is 5.75 Å². The fourth-order valence-electron chi connectivity index (χ4n) is 2.05. The summed E-state index contributed by atoms with van der Waals surface area (Å²) in [5, 5.41) is 1.25. The normalized spacial score (nSPS) is 11.3. The highest BCUT2D eigenvalue weighted by molar-refractivity contribution is 5.90. The van der Waals surface area contributed by atoms with Crippen LogP contribution in [0.3, 0.4) is 0 Å². The average Bonchev–Trinajstić information content (AvgIpc) is 2.56. The molecule has 0 saturated carbocycles. The van der Waals surface area contributed by atoms with Gasteiger partial charge in [0.25, 0.3) is 0 Å². The predicted octanol–water partition coefficient (Wildman–Crippen LogP) is 3.31. The van der Waals surface area contributed by atoms with Crippen LogP contribution in [-0.4, -0.2) is 11.7 Å². The first kappa shape index (κ1) is 10.1. The lowest BCUT2D eigenvalue weighted by Crippen LogP contribution is -1.88. The van der Waals surface area contributed by atoms with Crippen LogP contribution in [0.4, 0.5) is 0 Å². The van der Waals surface area contributed by atoms with Gasteiger partial charge in [0.15, 0.2) is 0 Å². The van der Waals surface area contributed by atoms with Gasteiger partial charge < -0.3 is 9.30 Å². The Kier molecular flexibility index (Phi) is 2.43. The Hall–Kier alpha value is -1.44. The molecule has 1 aromatic heterocycles. The van der Waals surface area contributed by atoms with Crippen LogP contribution in [0.2, 0.25) is 0 Å². The van der Waals surface area contributed by atoms with E-state index in [-0.39, 0.29) is 0 Å². The van der Waals surface area contributed by atoms with Gasteiger partial charge in [0.05, 0.1) is 12.6 Å². The van der Waals surface area contributed by atoms with Crippen molar-refractivity contribution in [2.75, 3.05) is 7.11 Å². The molecule has 1 aromatic carbocycles. The van der Waals surface area contributed by atoms with Gasteiger partial charge in [-0.05, 0) is 23.6 Å². The van der Waals surface area contributed by atoms with Gasteiger partial charge in [-0.15, -0.1) is 0 Å². The van der Waals surface area contributed by atoms with Crippen molar-refractivity contribution in [3.63, 3.8) is 0 Å². The molecule has 2 aromatic rings. The molecule has 0 unspecified atom stereocenters. The second kappa shape index (κ2) is 3.61. The number of rotatable bonds is 2. The molecule has 0 N–H and O–H groups in total. The first-order chi connectivity index (χ1) is 7.15. The molecule has 1 heterocycles. The minimum atomic E-state index is 0.519. The van der Waals surface area contributed by atoms with E-state index in [1.54, 1.807) is 7.11 Å². The van der Waals surface area contributed by atoms with Gasteiger partial charge in [-0.2, -0.15) is 0 Å². The third-order valence-corrected chi connectivity index (χ3v) is 2.85. The van der Waals surface area contributed by atoms with E-state index in [2.05, 4.69) is 37.7 Å². The third-order valence-electron chi connectivity index (χ3n) is 2.85. The van der Waals surface area contributed by atoms with Crippen molar-refractivity contribution in [2.45, 2.75) is 19.8 Å². The van der Waals surface area contributed by atoms with Crippen molar-refractivity contribution >= 4 is 10.9 Å². The predicted molar refractivity (Wildman–Crippen MR) is 63.6 cm³/mol. The second-order valence-corrected chi connectivity index (χ2v) is 4.20. The number of benzene rings is 1. The van der Waals surface area contributed by atoms with E-state index in [0.29, 0.717) is 5.92 Å². The molecule has 80 valence electrons. The summed E-state index contributed by atoms with van der Waals surface area (Å²) < 4.78 is 7.58.